The molecule has 1 aliphatic heterocycles. The first kappa shape index (κ1) is 17.1. The zero-order valence-electron chi connectivity index (χ0n) is 13.5. The molecule has 1 N–H and O–H groups in total. The largest absolute Gasteiger partial charge is 0.454 e. The molecule has 1 atom stereocenters. The minimum Gasteiger partial charge on any atom is -0.454 e. The summed E-state index contributed by atoms with van der Waals surface area (Å²) in [6, 6.07) is 14.8. The number of carbonyl (C=O) groups excluding carboxylic acids is 1. The number of nitriles is 1. The molecule has 2 aromatic rings. The van der Waals surface area contributed by atoms with E-state index >= 15 is 0 Å². The van der Waals surface area contributed by atoms with Crippen LogP contribution in [0.1, 0.15) is 24.1 Å². The maximum atomic E-state index is 12.4. The first-order chi connectivity index (χ1) is 12.1. The van der Waals surface area contributed by atoms with Crippen molar-refractivity contribution in [1.29, 1.82) is 5.26 Å². The molecule has 6 heteroatoms. The van der Waals surface area contributed by atoms with Gasteiger partial charge in [0.1, 0.15) is 11.6 Å². The number of carbonyl (C=O) groups is 1. The van der Waals surface area contributed by atoms with Crippen LogP contribution in [0.25, 0.3) is 6.08 Å². The van der Waals surface area contributed by atoms with Gasteiger partial charge in [-0.1, -0.05) is 30.3 Å². The van der Waals surface area contributed by atoms with E-state index in [0.29, 0.717) is 21.5 Å². The molecule has 1 heterocycles. The molecule has 2 aromatic carbocycles. The highest BCUT2D eigenvalue weighted by molar-refractivity contribution is 9.10. The molecule has 0 aliphatic carbocycles. The average molecular weight is 399 g/mol. The third kappa shape index (κ3) is 3.83. The summed E-state index contributed by atoms with van der Waals surface area (Å²) in [5.41, 5.74) is 1.67. The van der Waals surface area contributed by atoms with E-state index in [0.717, 1.165) is 5.56 Å². The van der Waals surface area contributed by atoms with Crippen LogP contribution in [0.2, 0.25) is 0 Å². The second kappa shape index (κ2) is 7.41. The fraction of sp³-hybridized carbons (Fsp3) is 0.158. The van der Waals surface area contributed by atoms with Crippen LogP contribution in [0.4, 0.5) is 0 Å². The van der Waals surface area contributed by atoms with Crippen LogP contribution in [0.3, 0.4) is 0 Å². The SMILES string of the molecule is C[C@H](NC(=O)/C(C#N)=C/c1cc(Br)c2c(c1)OCO2)c1ccccc1. The third-order valence-electron chi connectivity index (χ3n) is 3.77. The van der Waals surface area contributed by atoms with Crippen LogP contribution >= 0.6 is 15.9 Å². The van der Waals surface area contributed by atoms with Crippen LogP contribution in [-0.4, -0.2) is 12.7 Å². The van der Waals surface area contributed by atoms with Crippen molar-refractivity contribution in [3.63, 3.8) is 0 Å². The Morgan fingerprint density at radius 1 is 1.32 bits per heavy atom. The summed E-state index contributed by atoms with van der Waals surface area (Å²) >= 11 is 3.40. The fourth-order valence-corrected chi connectivity index (χ4v) is 3.06. The zero-order chi connectivity index (χ0) is 17.8. The van der Waals surface area contributed by atoms with E-state index in [-0.39, 0.29) is 18.4 Å². The fourth-order valence-electron chi connectivity index (χ4n) is 2.49. The van der Waals surface area contributed by atoms with Gasteiger partial charge in [0.15, 0.2) is 11.5 Å². The average Bonchev–Trinajstić information content (AvgIpc) is 3.09. The topological polar surface area (TPSA) is 71.4 Å². The zero-order valence-corrected chi connectivity index (χ0v) is 15.0. The van der Waals surface area contributed by atoms with Crippen molar-refractivity contribution in [3.8, 4) is 17.6 Å². The summed E-state index contributed by atoms with van der Waals surface area (Å²) < 4.78 is 11.4. The number of ether oxygens (including phenoxy) is 2. The maximum Gasteiger partial charge on any atom is 0.262 e. The summed E-state index contributed by atoms with van der Waals surface area (Å²) in [5.74, 6) is 0.779. The second-order valence-corrected chi connectivity index (χ2v) is 6.37. The Labute approximate surface area is 154 Å². The molecular formula is C19H15BrN2O3. The van der Waals surface area contributed by atoms with Gasteiger partial charge in [-0.25, -0.2) is 0 Å². The molecule has 0 saturated heterocycles. The lowest BCUT2D eigenvalue weighted by Gasteiger charge is -2.13. The molecule has 0 saturated carbocycles. The molecule has 1 aliphatic rings. The smallest absolute Gasteiger partial charge is 0.262 e. The molecule has 0 fully saturated rings. The molecule has 0 unspecified atom stereocenters. The van der Waals surface area contributed by atoms with Crippen molar-refractivity contribution in [1.82, 2.24) is 5.32 Å². The number of hydrogen-bond donors (Lipinski definition) is 1. The Bertz CT molecular complexity index is 872. The van der Waals surface area contributed by atoms with E-state index < -0.39 is 5.91 Å². The normalized spacial score (nSPS) is 13.9. The lowest BCUT2D eigenvalue weighted by molar-refractivity contribution is -0.117. The van der Waals surface area contributed by atoms with Crippen molar-refractivity contribution in [3.05, 3.63) is 63.6 Å². The van der Waals surface area contributed by atoms with Gasteiger partial charge >= 0.3 is 0 Å². The van der Waals surface area contributed by atoms with Crippen molar-refractivity contribution in [2.24, 2.45) is 0 Å². The number of nitrogens with zero attached hydrogens (tertiary/aromatic N) is 1. The Kier molecular flexibility index (Phi) is 5.05. The minimum atomic E-state index is -0.423. The number of nitrogens with one attached hydrogen (secondary N) is 1. The van der Waals surface area contributed by atoms with Gasteiger partial charge in [0, 0.05) is 0 Å². The second-order valence-electron chi connectivity index (χ2n) is 5.51. The highest BCUT2D eigenvalue weighted by atomic mass is 79.9. The predicted octanol–water partition coefficient (Wildman–Crippen LogP) is 3.96. The number of halogens is 1. The minimum absolute atomic E-state index is 0.0218. The van der Waals surface area contributed by atoms with E-state index in [9.17, 15) is 10.1 Å². The summed E-state index contributed by atoms with van der Waals surface area (Å²) in [4.78, 5) is 12.4. The maximum absolute atomic E-state index is 12.4. The molecule has 3 rings (SSSR count). The molecule has 0 spiro atoms. The first-order valence-electron chi connectivity index (χ1n) is 7.65. The number of rotatable bonds is 4. The molecule has 25 heavy (non-hydrogen) atoms. The Balaban J connectivity index is 1.80. The molecule has 0 aromatic heterocycles. The van der Waals surface area contributed by atoms with Crippen LogP contribution in [0.5, 0.6) is 11.5 Å². The van der Waals surface area contributed by atoms with Gasteiger partial charge in [-0.05, 0) is 52.2 Å². The van der Waals surface area contributed by atoms with Crippen molar-refractivity contribution < 1.29 is 14.3 Å². The third-order valence-corrected chi connectivity index (χ3v) is 4.36. The van der Waals surface area contributed by atoms with Gasteiger partial charge in [0.2, 0.25) is 6.79 Å². The standard InChI is InChI=1S/C19H15BrN2O3/c1-12(14-5-3-2-4-6-14)22-19(23)15(10-21)7-13-8-16(20)18-17(9-13)24-11-25-18/h2-9,12H,11H2,1H3,(H,22,23)/b15-7+/t12-/m0/s1. The molecule has 0 bridgehead atoms. The predicted molar refractivity (Wildman–Crippen MR) is 96.9 cm³/mol. The van der Waals surface area contributed by atoms with Crippen LogP contribution in [0, 0.1) is 11.3 Å². The van der Waals surface area contributed by atoms with Crippen LogP contribution in [0.15, 0.2) is 52.5 Å². The number of fused-ring (bicyclic) bond motifs is 1. The summed E-state index contributed by atoms with van der Waals surface area (Å²) in [5, 5.41) is 12.2. The molecular weight excluding hydrogens is 384 g/mol. The van der Waals surface area contributed by atoms with Gasteiger partial charge in [-0.2, -0.15) is 5.26 Å². The van der Waals surface area contributed by atoms with Crippen LogP contribution < -0.4 is 14.8 Å². The highest BCUT2D eigenvalue weighted by Gasteiger charge is 2.19. The van der Waals surface area contributed by atoms with Gasteiger partial charge < -0.3 is 14.8 Å². The van der Waals surface area contributed by atoms with E-state index in [2.05, 4.69) is 21.2 Å². The van der Waals surface area contributed by atoms with E-state index in [1.54, 1.807) is 12.1 Å². The lowest BCUT2D eigenvalue weighted by Crippen LogP contribution is -2.27. The van der Waals surface area contributed by atoms with Gasteiger partial charge in [0.05, 0.1) is 10.5 Å². The Morgan fingerprint density at radius 2 is 2.08 bits per heavy atom. The summed E-state index contributed by atoms with van der Waals surface area (Å²) in [6.45, 7) is 2.03. The van der Waals surface area contributed by atoms with Gasteiger partial charge in [-0.3, -0.25) is 4.79 Å². The summed E-state index contributed by atoms with van der Waals surface area (Å²) in [6.07, 6.45) is 1.53. The Morgan fingerprint density at radius 3 is 2.80 bits per heavy atom. The monoisotopic (exact) mass is 398 g/mol. The quantitative estimate of drug-likeness (QED) is 0.624. The van der Waals surface area contributed by atoms with Crippen molar-refractivity contribution >= 4 is 27.9 Å². The first-order valence-corrected chi connectivity index (χ1v) is 8.44. The lowest BCUT2D eigenvalue weighted by atomic mass is 10.1. The van der Waals surface area contributed by atoms with E-state index in [1.807, 2.05) is 43.3 Å². The molecule has 126 valence electrons. The Hall–Kier alpha value is -2.78. The molecule has 5 nitrogen and oxygen atoms in total. The number of benzene rings is 2. The molecule has 1 amide bonds. The van der Waals surface area contributed by atoms with Crippen molar-refractivity contribution in [2.45, 2.75) is 13.0 Å². The van der Waals surface area contributed by atoms with E-state index in [4.69, 9.17) is 9.47 Å². The summed E-state index contributed by atoms with van der Waals surface area (Å²) in [7, 11) is 0. The number of hydrogen-bond acceptors (Lipinski definition) is 4. The molecule has 0 radical (unpaired) electrons. The highest BCUT2D eigenvalue weighted by Crippen LogP contribution is 2.40. The number of amides is 1. The van der Waals surface area contributed by atoms with Gasteiger partial charge in [0.25, 0.3) is 5.91 Å². The van der Waals surface area contributed by atoms with Gasteiger partial charge in [-0.15, -0.1) is 0 Å². The van der Waals surface area contributed by atoms with E-state index in [1.165, 1.54) is 6.08 Å². The van der Waals surface area contributed by atoms with Crippen molar-refractivity contribution in [2.75, 3.05) is 6.79 Å². The van der Waals surface area contributed by atoms with Crippen LogP contribution in [-0.2, 0) is 4.79 Å².